The van der Waals surface area contributed by atoms with Gasteiger partial charge in [-0.1, -0.05) is 26.2 Å². The van der Waals surface area contributed by atoms with Crippen LogP contribution in [0.5, 0.6) is 0 Å². The van der Waals surface area contributed by atoms with Gasteiger partial charge in [0.15, 0.2) is 6.61 Å². The summed E-state index contributed by atoms with van der Waals surface area (Å²) in [6.45, 7) is 3.52. The minimum absolute atomic E-state index is 0.275. The SMILES string of the molecule is CCCCCCOC(=O)COC(C)=O. The molecule has 0 aromatic rings. The monoisotopic (exact) mass is 202 g/mol. The van der Waals surface area contributed by atoms with Crippen LogP contribution in [0.25, 0.3) is 0 Å². The highest BCUT2D eigenvalue weighted by atomic mass is 16.6. The van der Waals surface area contributed by atoms with Crippen molar-refractivity contribution in [2.75, 3.05) is 13.2 Å². The average molecular weight is 202 g/mol. The number of esters is 2. The van der Waals surface area contributed by atoms with Crippen molar-refractivity contribution < 1.29 is 19.1 Å². The Bertz CT molecular complexity index is 177. The highest BCUT2D eigenvalue weighted by molar-refractivity contribution is 5.75. The molecule has 0 radical (unpaired) electrons. The lowest BCUT2D eigenvalue weighted by molar-refractivity contribution is -0.157. The first kappa shape index (κ1) is 12.9. The Balaban J connectivity index is 3.22. The molecule has 0 fully saturated rings. The van der Waals surface area contributed by atoms with E-state index >= 15 is 0 Å². The van der Waals surface area contributed by atoms with Gasteiger partial charge in [-0.05, 0) is 6.42 Å². The number of carbonyl (C=O) groups is 2. The quantitative estimate of drug-likeness (QED) is 0.465. The molecule has 0 atom stereocenters. The highest BCUT2D eigenvalue weighted by Gasteiger charge is 2.03. The maximum absolute atomic E-state index is 10.9. The molecule has 0 aromatic heterocycles. The Kier molecular flexibility index (Phi) is 7.89. The third-order valence-corrected chi connectivity index (χ3v) is 1.65. The Labute approximate surface area is 84.6 Å². The summed E-state index contributed by atoms with van der Waals surface area (Å²) in [5.41, 5.74) is 0. The van der Waals surface area contributed by atoms with Crippen molar-refractivity contribution in [1.82, 2.24) is 0 Å². The first-order chi connectivity index (χ1) is 6.66. The van der Waals surface area contributed by atoms with E-state index in [2.05, 4.69) is 11.7 Å². The third kappa shape index (κ3) is 9.03. The van der Waals surface area contributed by atoms with Crippen molar-refractivity contribution in [3.63, 3.8) is 0 Å². The van der Waals surface area contributed by atoms with E-state index in [4.69, 9.17) is 4.74 Å². The molecule has 0 aromatic carbocycles. The molecule has 0 rings (SSSR count). The van der Waals surface area contributed by atoms with Gasteiger partial charge < -0.3 is 9.47 Å². The predicted octanol–water partition coefficient (Wildman–Crippen LogP) is 1.67. The van der Waals surface area contributed by atoms with Crippen LogP contribution in [0.3, 0.4) is 0 Å². The van der Waals surface area contributed by atoms with Crippen LogP contribution < -0.4 is 0 Å². The van der Waals surface area contributed by atoms with Gasteiger partial charge >= 0.3 is 11.9 Å². The Morgan fingerprint density at radius 1 is 1.07 bits per heavy atom. The van der Waals surface area contributed by atoms with Gasteiger partial charge in [-0.3, -0.25) is 4.79 Å². The first-order valence-electron chi connectivity index (χ1n) is 4.95. The molecular weight excluding hydrogens is 184 g/mol. The lowest BCUT2D eigenvalue weighted by atomic mass is 10.2. The number of hydrogen-bond donors (Lipinski definition) is 0. The summed E-state index contributed by atoms with van der Waals surface area (Å²) in [5.74, 6) is -0.940. The van der Waals surface area contributed by atoms with Crippen molar-refractivity contribution in [3.8, 4) is 0 Å². The molecule has 82 valence electrons. The largest absolute Gasteiger partial charge is 0.463 e. The molecule has 0 bridgehead atoms. The summed E-state index contributed by atoms with van der Waals surface area (Å²) in [6, 6.07) is 0. The van der Waals surface area contributed by atoms with Gasteiger partial charge in [-0.2, -0.15) is 0 Å². The maximum Gasteiger partial charge on any atom is 0.344 e. The van der Waals surface area contributed by atoms with Crippen LogP contribution in [-0.4, -0.2) is 25.2 Å². The molecule has 4 nitrogen and oxygen atoms in total. The molecule has 14 heavy (non-hydrogen) atoms. The normalized spacial score (nSPS) is 9.57. The second-order valence-corrected chi connectivity index (χ2v) is 3.06. The molecule has 4 heteroatoms. The van der Waals surface area contributed by atoms with Crippen molar-refractivity contribution in [2.45, 2.75) is 39.5 Å². The maximum atomic E-state index is 10.9. The lowest BCUT2D eigenvalue weighted by Crippen LogP contribution is -2.15. The zero-order valence-electron chi connectivity index (χ0n) is 8.88. The van der Waals surface area contributed by atoms with E-state index in [1.165, 1.54) is 6.92 Å². The average Bonchev–Trinajstić information content (AvgIpc) is 2.14. The summed E-state index contributed by atoms with van der Waals surface area (Å²) in [7, 11) is 0. The highest BCUT2D eigenvalue weighted by Crippen LogP contribution is 1.98. The number of rotatable bonds is 7. The van der Waals surface area contributed by atoms with Gasteiger partial charge in [0, 0.05) is 6.92 Å². The number of unbranched alkanes of at least 4 members (excludes halogenated alkanes) is 3. The first-order valence-corrected chi connectivity index (χ1v) is 4.95. The molecule has 0 heterocycles. The molecule has 0 amide bonds. The van der Waals surface area contributed by atoms with Crippen molar-refractivity contribution in [1.29, 1.82) is 0 Å². The number of hydrogen-bond acceptors (Lipinski definition) is 4. The van der Waals surface area contributed by atoms with E-state index in [9.17, 15) is 9.59 Å². The Hall–Kier alpha value is -1.06. The van der Waals surface area contributed by atoms with Crippen LogP contribution in [0.15, 0.2) is 0 Å². The van der Waals surface area contributed by atoms with E-state index in [1.54, 1.807) is 0 Å². The molecular formula is C10H18O4. The molecule has 0 N–H and O–H groups in total. The second-order valence-electron chi connectivity index (χ2n) is 3.06. The van der Waals surface area contributed by atoms with Crippen LogP contribution in [0.4, 0.5) is 0 Å². The lowest BCUT2D eigenvalue weighted by Gasteiger charge is -2.04. The molecule has 0 aliphatic carbocycles. The zero-order chi connectivity index (χ0) is 10.8. The number of ether oxygens (including phenoxy) is 2. The van der Waals surface area contributed by atoms with Crippen molar-refractivity contribution in [2.24, 2.45) is 0 Å². The van der Waals surface area contributed by atoms with E-state index < -0.39 is 11.9 Å². The van der Waals surface area contributed by atoms with Crippen LogP contribution in [0, 0.1) is 0 Å². The molecule has 0 saturated carbocycles. The summed E-state index contributed by atoms with van der Waals surface area (Å²) in [4.78, 5) is 21.2. The number of carbonyl (C=O) groups excluding carboxylic acids is 2. The van der Waals surface area contributed by atoms with Crippen molar-refractivity contribution in [3.05, 3.63) is 0 Å². The fourth-order valence-corrected chi connectivity index (χ4v) is 0.917. The Morgan fingerprint density at radius 3 is 2.36 bits per heavy atom. The molecule has 0 saturated heterocycles. The molecule has 0 spiro atoms. The predicted molar refractivity (Wildman–Crippen MR) is 51.7 cm³/mol. The summed E-state index contributed by atoms with van der Waals surface area (Å²) < 4.78 is 9.29. The van der Waals surface area contributed by atoms with Crippen LogP contribution >= 0.6 is 0 Å². The van der Waals surface area contributed by atoms with Gasteiger partial charge in [-0.15, -0.1) is 0 Å². The van der Waals surface area contributed by atoms with E-state index in [-0.39, 0.29) is 6.61 Å². The topological polar surface area (TPSA) is 52.6 Å². The minimum atomic E-state index is -0.475. The van der Waals surface area contributed by atoms with E-state index in [0.717, 1.165) is 25.7 Å². The third-order valence-electron chi connectivity index (χ3n) is 1.65. The summed E-state index contributed by atoms with van der Waals surface area (Å²) >= 11 is 0. The molecule has 0 unspecified atom stereocenters. The fourth-order valence-electron chi connectivity index (χ4n) is 0.917. The minimum Gasteiger partial charge on any atom is -0.463 e. The Morgan fingerprint density at radius 2 is 1.79 bits per heavy atom. The van der Waals surface area contributed by atoms with Gasteiger partial charge in [0.05, 0.1) is 6.61 Å². The summed E-state index contributed by atoms with van der Waals surface area (Å²) in [6.07, 6.45) is 4.25. The molecule has 0 aliphatic rings. The second kappa shape index (κ2) is 8.53. The van der Waals surface area contributed by atoms with E-state index in [0.29, 0.717) is 6.61 Å². The summed E-state index contributed by atoms with van der Waals surface area (Å²) in [5, 5.41) is 0. The standard InChI is InChI=1S/C10H18O4/c1-3-4-5-6-7-13-10(12)8-14-9(2)11/h3-8H2,1-2H3. The van der Waals surface area contributed by atoms with Gasteiger partial charge in [0.1, 0.15) is 0 Å². The van der Waals surface area contributed by atoms with E-state index in [1.807, 2.05) is 0 Å². The van der Waals surface area contributed by atoms with Crippen LogP contribution in [0.2, 0.25) is 0 Å². The zero-order valence-corrected chi connectivity index (χ0v) is 8.88. The fraction of sp³-hybridized carbons (Fsp3) is 0.800. The molecule has 0 aliphatic heterocycles. The van der Waals surface area contributed by atoms with Gasteiger partial charge in [-0.25, -0.2) is 4.79 Å². The smallest absolute Gasteiger partial charge is 0.344 e. The van der Waals surface area contributed by atoms with Gasteiger partial charge in [0.2, 0.25) is 0 Å². The van der Waals surface area contributed by atoms with Crippen LogP contribution in [0.1, 0.15) is 39.5 Å². The van der Waals surface area contributed by atoms with Gasteiger partial charge in [0.25, 0.3) is 0 Å². The van der Waals surface area contributed by atoms with Crippen molar-refractivity contribution >= 4 is 11.9 Å². The van der Waals surface area contributed by atoms with Crippen LogP contribution in [-0.2, 0) is 19.1 Å².